The van der Waals surface area contributed by atoms with Gasteiger partial charge in [-0.3, -0.25) is 4.79 Å². The van der Waals surface area contributed by atoms with E-state index in [9.17, 15) is 9.90 Å². The second-order valence-corrected chi connectivity index (χ2v) is 6.63. The van der Waals surface area contributed by atoms with Gasteiger partial charge in [0.05, 0.1) is 11.9 Å². The van der Waals surface area contributed by atoms with Gasteiger partial charge in [0.2, 0.25) is 5.82 Å². The molecule has 0 radical (unpaired) electrons. The summed E-state index contributed by atoms with van der Waals surface area (Å²) in [4.78, 5) is 17.0. The van der Waals surface area contributed by atoms with E-state index in [-0.39, 0.29) is 11.6 Å². The summed E-state index contributed by atoms with van der Waals surface area (Å²) in [7, 11) is 0. The van der Waals surface area contributed by atoms with E-state index in [1.807, 2.05) is 73.7 Å². The van der Waals surface area contributed by atoms with E-state index in [0.717, 1.165) is 16.8 Å². The number of nitrogens with one attached hydrogen (secondary N) is 1. The molecule has 4 aromatic rings. The highest BCUT2D eigenvalue weighted by Gasteiger charge is 2.18. The molecule has 7 heteroatoms. The van der Waals surface area contributed by atoms with Gasteiger partial charge in [-0.1, -0.05) is 54.6 Å². The molecule has 1 amide bonds. The van der Waals surface area contributed by atoms with Crippen LogP contribution in [-0.4, -0.2) is 32.0 Å². The van der Waals surface area contributed by atoms with Crippen molar-refractivity contribution in [2.75, 3.05) is 0 Å². The number of amides is 1. The van der Waals surface area contributed by atoms with Crippen LogP contribution in [0, 0.1) is 6.92 Å². The van der Waals surface area contributed by atoms with Crippen LogP contribution in [0.5, 0.6) is 5.75 Å². The Kier molecular flexibility index (Phi) is 5.34. The van der Waals surface area contributed by atoms with Crippen LogP contribution in [0.1, 0.15) is 21.7 Å². The highest BCUT2D eigenvalue weighted by atomic mass is 16.3. The fraction of sp³-hybridized carbons (Fsp3) is 0.0435. The molecule has 0 atom stereocenters. The molecule has 0 unspecified atom stereocenters. The minimum atomic E-state index is -0.551. The lowest BCUT2D eigenvalue weighted by atomic mass is 10.1. The summed E-state index contributed by atoms with van der Waals surface area (Å²) in [6, 6.07) is 24.2. The maximum Gasteiger partial charge on any atom is 0.311 e. The van der Waals surface area contributed by atoms with Crippen molar-refractivity contribution in [3.05, 3.63) is 95.8 Å². The first-order chi connectivity index (χ1) is 14.6. The van der Waals surface area contributed by atoms with E-state index in [0.29, 0.717) is 11.4 Å². The molecule has 0 bridgehead atoms. The third-order valence-corrected chi connectivity index (χ3v) is 4.40. The van der Waals surface area contributed by atoms with Gasteiger partial charge in [0.25, 0.3) is 0 Å². The minimum absolute atomic E-state index is 0.0111. The van der Waals surface area contributed by atoms with Crippen molar-refractivity contribution in [2.24, 2.45) is 5.10 Å². The van der Waals surface area contributed by atoms with Crippen molar-refractivity contribution < 1.29 is 9.90 Å². The van der Waals surface area contributed by atoms with Crippen molar-refractivity contribution in [1.82, 2.24) is 20.2 Å². The number of aromatic hydroxyl groups is 1. The normalized spacial score (nSPS) is 11.0. The van der Waals surface area contributed by atoms with Crippen LogP contribution < -0.4 is 5.43 Å². The van der Waals surface area contributed by atoms with Crippen LogP contribution in [-0.2, 0) is 0 Å². The molecule has 0 saturated carbocycles. The molecule has 30 heavy (non-hydrogen) atoms. The Balaban J connectivity index is 1.61. The fourth-order valence-electron chi connectivity index (χ4n) is 2.90. The standard InChI is InChI=1S/C23H19N5O2/c1-16-12-13-18(20(29)14-16)15-24-26-23(30)21-25-22(17-8-4-2-5-9-17)28(27-21)19-10-6-3-7-11-19/h2-15,29H,1H3,(H,26,30)/b24-15-. The number of phenolic OH excluding ortho intramolecular Hbond substituents is 1. The van der Waals surface area contributed by atoms with Crippen molar-refractivity contribution >= 4 is 12.1 Å². The molecule has 3 aromatic carbocycles. The Morgan fingerprint density at radius 3 is 2.43 bits per heavy atom. The number of benzene rings is 3. The molecule has 1 heterocycles. The van der Waals surface area contributed by atoms with Gasteiger partial charge in [0.1, 0.15) is 5.75 Å². The number of carbonyl (C=O) groups is 1. The Morgan fingerprint density at radius 2 is 1.73 bits per heavy atom. The molecular formula is C23H19N5O2. The topological polar surface area (TPSA) is 92.4 Å². The van der Waals surface area contributed by atoms with Gasteiger partial charge in [-0.25, -0.2) is 15.1 Å². The maximum absolute atomic E-state index is 12.6. The lowest BCUT2D eigenvalue weighted by molar-refractivity contribution is 0.0945. The lowest BCUT2D eigenvalue weighted by Crippen LogP contribution is -2.19. The smallest absolute Gasteiger partial charge is 0.311 e. The van der Waals surface area contributed by atoms with Crippen molar-refractivity contribution in [2.45, 2.75) is 6.92 Å². The Morgan fingerprint density at radius 1 is 1.03 bits per heavy atom. The Bertz CT molecular complexity index is 1140. The molecular weight excluding hydrogens is 378 g/mol. The largest absolute Gasteiger partial charge is 0.507 e. The van der Waals surface area contributed by atoms with Crippen LogP contribution in [0.2, 0.25) is 0 Å². The number of hydrogen-bond acceptors (Lipinski definition) is 5. The number of carbonyl (C=O) groups excluding carboxylic acids is 1. The second kappa shape index (κ2) is 8.40. The summed E-state index contributed by atoms with van der Waals surface area (Å²) in [5.74, 6) is 0.0747. The number of hydrazone groups is 1. The monoisotopic (exact) mass is 397 g/mol. The molecule has 7 nitrogen and oxygen atoms in total. The number of para-hydroxylation sites is 1. The van der Waals surface area contributed by atoms with Gasteiger partial charge in [-0.05, 0) is 36.8 Å². The van der Waals surface area contributed by atoms with E-state index < -0.39 is 5.91 Å². The van der Waals surface area contributed by atoms with E-state index in [4.69, 9.17) is 0 Å². The van der Waals surface area contributed by atoms with E-state index in [2.05, 4.69) is 20.6 Å². The highest BCUT2D eigenvalue weighted by Crippen LogP contribution is 2.21. The predicted octanol–water partition coefficient (Wildman–Crippen LogP) is 3.71. The Hall–Kier alpha value is -4.26. The number of phenols is 1. The minimum Gasteiger partial charge on any atom is -0.507 e. The number of aromatic nitrogens is 3. The van der Waals surface area contributed by atoms with Crippen molar-refractivity contribution in [1.29, 1.82) is 0 Å². The predicted molar refractivity (Wildman–Crippen MR) is 115 cm³/mol. The lowest BCUT2D eigenvalue weighted by Gasteiger charge is -2.05. The first kappa shape index (κ1) is 19.1. The SMILES string of the molecule is Cc1ccc(/C=N\NC(=O)c2nc(-c3ccccc3)n(-c3ccccc3)n2)c(O)c1. The quantitative estimate of drug-likeness (QED) is 0.397. The van der Waals surface area contributed by atoms with Crippen LogP contribution in [0.15, 0.2) is 84.0 Å². The van der Waals surface area contributed by atoms with Gasteiger partial charge >= 0.3 is 5.91 Å². The molecule has 2 N–H and O–H groups in total. The molecule has 0 saturated heterocycles. The van der Waals surface area contributed by atoms with Gasteiger partial charge in [0.15, 0.2) is 5.82 Å². The Labute approximate surface area is 173 Å². The van der Waals surface area contributed by atoms with Gasteiger partial charge in [-0.15, -0.1) is 5.10 Å². The van der Waals surface area contributed by atoms with E-state index >= 15 is 0 Å². The third-order valence-electron chi connectivity index (χ3n) is 4.40. The van der Waals surface area contributed by atoms with E-state index in [1.54, 1.807) is 16.8 Å². The zero-order chi connectivity index (χ0) is 20.9. The first-order valence-corrected chi connectivity index (χ1v) is 9.33. The highest BCUT2D eigenvalue weighted by molar-refractivity contribution is 5.92. The maximum atomic E-state index is 12.6. The average Bonchev–Trinajstić information content (AvgIpc) is 3.22. The molecule has 0 aliphatic heterocycles. The van der Waals surface area contributed by atoms with Gasteiger partial charge in [0, 0.05) is 11.1 Å². The summed E-state index contributed by atoms with van der Waals surface area (Å²) in [5.41, 5.74) is 5.46. The molecule has 1 aromatic heterocycles. The van der Waals surface area contributed by atoms with E-state index in [1.165, 1.54) is 6.21 Å². The molecule has 0 spiro atoms. The molecule has 148 valence electrons. The summed E-state index contributed by atoms with van der Waals surface area (Å²) < 4.78 is 1.62. The summed E-state index contributed by atoms with van der Waals surface area (Å²) in [6.45, 7) is 1.88. The van der Waals surface area contributed by atoms with Crippen LogP contribution in [0.4, 0.5) is 0 Å². The molecule has 0 aliphatic rings. The summed E-state index contributed by atoms with van der Waals surface area (Å²) in [6.07, 6.45) is 1.37. The zero-order valence-corrected chi connectivity index (χ0v) is 16.2. The number of rotatable bonds is 5. The molecule has 0 aliphatic carbocycles. The zero-order valence-electron chi connectivity index (χ0n) is 16.2. The number of hydrogen-bond donors (Lipinski definition) is 2. The van der Waals surface area contributed by atoms with Crippen LogP contribution >= 0.6 is 0 Å². The average molecular weight is 397 g/mol. The summed E-state index contributed by atoms with van der Waals surface area (Å²) >= 11 is 0. The first-order valence-electron chi connectivity index (χ1n) is 9.33. The third kappa shape index (κ3) is 4.10. The van der Waals surface area contributed by atoms with Gasteiger partial charge < -0.3 is 5.11 Å². The molecule has 4 rings (SSSR count). The summed E-state index contributed by atoms with van der Waals surface area (Å²) in [5, 5.41) is 18.2. The van der Waals surface area contributed by atoms with Crippen molar-refractivity contribution in [3.63, 3.8) is 0 Å². The number of aryl methyl sites for hydroxylation is 1. The van der Waals surface area contributed by atoms with Crippen LogP contribution in [0.3, 0.4) is 0 Å². The van der Waals surface area contributed by atoms with Crippen molar-refractivity contribution in [3.8, 4) is 22.8 Å². The van der Waals surface area contributed by atoms with Gasteiger partial charge in [-0.2, -0.15) is 5.10 Å². The number of nitrogens with zero attached hydrogens (tertiary/aromatic N) is 4. The molecule has 0 fully saturated rings. The second-order valence-electron chi connectivity index (χ2n) is 6.63. The fourth-order valence-corrected chi connectivity index (χ4v) is 2.90. The van der Waals surface area contributed by atoms with Crippen LogP contribution in [0.25, 0.3) is 17.1 Å².